The molecule has 0 aromatic carbocycles. The van der Waals surface area contributed by atoms with Gasteiger partial charge in [-0.1, -0.05) is 13.3 Å². The van der Waals surface area contributed by atoms with E-state index in [9.17, 15) is 0 Å². The Morgan fingerprint density at radius 2 is 2.20 bits per heavy atom. The minimum atomic E-state index is 0.445. The zero-order valence-corrected chi connectivity index (χ0v) is 10.6. The molecule has 2 heterocycles. The normalized spacial score (nSPS) is 39.2. The molecule has 0 bridgehead atoms. The molecule has 2 nitrogen and oxygen atoms in total. The van der Waals surface area contributed by atoms with Crippen molar-refractivity contribution in [2.24, 2.45) is 11.7 Å². The Morgan fingerprint density at radius 1 is 1.33 bits per heavy atom. The highest BCUT2D eigenvalue weighted by Gasteiger charge is 2.25. The average molecular weight is 228 g/mol. The van der Waals surface area contributed by atoms with Gasteiger partial charge < -0.3 is 10.6 Å². The van der Waals surface area contributed by atoms with Crippen LogP contribution in [0.15, 0.2) is 0 Å². The van der Waals surface area contributed by atoms with E-state index in [1.807, 2.05) is 0 Å². The lowest BCUT2D eigenvalue weighted by atomic mass is 9.94. The fourth-order valence-corrected chi connectivity index (χ4v) is 4.01. The van der Waals surface area contributed by atoms with Crippen LogP contribution in [0.5, 0.6) is 0 Å². The summed E-state index contributed by atoms with van der Waals surface area (Å²) in [6.45, 7) is 6.05. The molecule has 0 radical (unpaired) electrons. The zero-order chi connectivity index (χ0) is 10.7. The molecule has 0 aromatic heterocycles. The van der Waals surface area contributed by atoms with Gasteiger partial charge in [0.15, 0.2) is 0 Å². The van der Waals surface area contributed by atoms with Crippen LogP contribution in [0.1, 0.15) is 32.6 Å². The SMILES string of the molecule is CC1CN(CC2CCCCS2)CCC1N. The predicted octanol–water partition coefficient (Wildman–Crippen LogP) is 1.94. The molecule has 15 heavy (non-hydrogen) atoms. The van der Waals surface area contributed by atoms with Gasteiger partial charge in [-0.05, 0) is 37.5 Å². The van der Waals surface area contributed by atoms with Crippen LogP contribution < -0.4 is 5.73 Å². The molecule has 0 amide bonds. The minimum absolute atomic E-state index is 0.445. The van der Waals surface area contributed by atoms with Crippen molar-refractivity contribution < 1.29 is 0 Å². The predicted molar refractivity (Wildman–Crippen MR) is 68.3 cm³/mol. The maximum atomic E-state index is 6.04. The van der Waals surface area contributed by atoms with Crippen molar-refractivity contribution in [3.63, 3.8) is 0 Å². The second-order valence-corrected chi connectivity index (χ2v) is 6.59. The van der Waals surface area contributed by atoms with Crippen LogP contribution in [0, 0.1) is 5.92 Å². The minimum Gasteiger partial charge on any atom is -0.327 e. The third-order valence-electron chi connectivity index (χ3n) is 3.79. The van der Waals surface area contributed by atoms with E-state index < -0.39 is 0 Å². The molecule has 0 aromatic rings. The summed E-state index contributed by atoms with van der Waals surface area (Å²) in [4.78, 5) is 2.64. The summed E-state index contributed by atoms with van der Waals surface area (Å²) in [5.74, 6) is 2.07. The number of nitrogens with two attached hydrogens (primary N) is 1. The van der Waals surface area contributed by atoms with Gasteiger partial charge in [0, 0.05) is 24.4 Å². The maximum Gasteiger partial charge on any atom is 0.0175 e. The molecule has 2 fully saturated rings. The van der Waals surface area contributed by atoms with Gasteiger partial charge in [-0.25, -0.2) is 0 Å². The van der Waals surface area contributed by atoms with Crippen LogP contribution in [0.4, 0.5) is 0 Å². The first kappa shape index (κ1) is 11.7. The smallest absolute Gasteiger partial charge is 0.0175 e. The summed E-state index contributed by atoms with van der Waals surface area (Å²) in [6, 6.07) is 0.445. The first-order valence-corrected chi connectivity index (χ1v) is 7.40. The van der Waals surface area contributed by atoms with E-state index in [4.69, 9.17) is 5.73 Å². The van der Waals surface area contributed by atoms with Gasteiger partial charge in [0.1, 0.15) is 0 Å². The Bertz CT molecular complexity index is 192. The molecule has 2 saturated heterocycles. The molecule has 3 atom stereocenters. The van der Waals surface area contributed by atoms with Crippen molar-refractivity contribution in [3.05, 3.63) is 0 Å². The van der Waals surface area contributed by atoms with Crippen LogP contribution in [0.2, 0.25) is 0 Å². The van der Waals surface area contributed by atoms with Gasteiger partial charge >= 0.3 is 0 Å². The van der Waals surface area contributed by atoms with Crippen molar-refractivity contribution >= 4 is 11.8 Å². The van der Waals surface area contributed by atoms with E-state index in [2.05, 4.69) is 23.6 Å². The molecule has 0 spiro atoms. The van der Waals surface area contributed by atoms with E-state index in [1.54, 1.807) is 0 Å². The number of hydrogen-bond acceptors (Lipinski definition) is 3. The molecule has 2 aliphatic rings. The lowest BCUT2D eigenvalue weighted by Gasteiger charge is -2.37. The van der Waals surface area contributed by atoms with E-state index >= 15 is 0 Å². The summed E-state index contributed by atoms with van der Waals surface area (Å²) < 4.78 is 0. The largest absolute Gasteiger partial charge is 0.327 e. The second-order valence-electron chi connectivity index (χ2n) is 5.18. The zero-order valence-electron chi connectivity index (χ0n) is 9.82. The number of piperidine rings is 1. The highest BCUT2D eigenvalue weighted by molar-refractivity contribution is 7.99. The van der Waals surface area contributed by atoms with E-state index in [-0.39, 0.29) is 0 Å². The summed E-state index contributed by atoms with van der Waals surface area (Å²) in [6.07, 6.45) is 5.50. The lowest BCUT2D eigenvalue weighted by Crippen LogP contribution is -2.47. The van der Waals surface area contributed by atoms with Crippen molar-refractivity contribution in [2.45, 2.75) is 43.9 Å². The Balaban J connectivity index is 1.74. The quantitative estimate of drug-likeness (QED) is 0.783. The van der Waals surface area contributed by atoms with Crippen molar-refractivity contribution in [2.75, 3.05) is 25.4 Å². The molecule has 0 saturated carbocycles. The van der Waals surface area contributed by atoms with Crippen LogP contribution in [0.3, 0.4) is 0 Å². The summed E-state index contributed by atoms with van der Waals surface area (Å²) in [5, 5.41) is 0.903. The van der Waals surface area contributed by atoms with E-state index in [0.29, 0.717) is 12.0 Å². The van der Waals surface area contributed by atoms with Crippen LogP contribution in [-0.4, -0.2) is 41.6 Å². The Kier molecular flexibility index (Phi) is 4.35. The molecule has 2 aliphatic heterocycles. The first-order valence-electron chi connectivity index (χ1n) is 6.35. The van der Waals surface area contributed by atoms with Crippen molar-refractivity contribution in [3.8, 4) is 0 Å². The fourth-order valence-electron chi connectivity index (χ4n) is 2.66. The van der Waals surface area contributed by atoms with Crippen LogP contribution in [0.25, 0.3) is 0 Å². The summed E-state index contributed by atoms with van der Waals surface area (Å²) in [7, 11) is 0. The first-order chi connectivity index (χ1) is 7.25. The Morgan fingerprint density at radius 3 is 2.87 bits per heavy atom. The molecular formula is C12H24N2S. The molecule has 3 heteroatoms. The third kappa shape index (κ3) is 3.36. The molecule has 0 aliphatic carbocycles. The number of rotatable bonds is 2. The van der Waals surface area contributed by atoms with Gasteiger partial charge in [0.25, 0.3) is 0 Å². The highest BCUT2D eigenvalue weighted by atomic mass is 32.2. The van der Waals surface area contributed by atoms with Crippen molar-refractivity contribution in [1.29, 1.82) is 0 Å². The molecule has 2 rings (SSSR count). The van der Waals surface area contributed by atoms with Gasteiger partial charge in [-0.15, -0.1) is 0 Å². The lowest BCUT2D eigenvalue weighted by molar-refractivity contribution is 0.163. The maximum absolute atomic E-state index is 6.04. The number of thioether (sulfide) groups is 1. The van der Waals surface area contributed by atoms with Gasteiger partial charge in [-0.3, -0.25) is 0 Å². The van der Waals surface area contributed by atoms with Crippen LogP contribution >= 0.6 is 11.8 Å². The topological polar surface area (TPSA) is 29.3 Å². The van der Waals surface area contributed by atoms with Gasteiger partial charge in [0.2, 0.25) is 0 Å². The van der Waals surface area contributed by atoms with Gasteiger partial charge in [-0.2, -0.15) is 11.8 Å². The summed E-state index contributed by atoms with van der Waals surface area (Å²) >= 11 is 2.19. The Labute approximate surface area is 98.0 Å². The standard InChI is InChI=1S/C12H24N2S/c1-10-8-14(6-5-12(10)13)9-11-4-2-3-7-15-11/h10-12H,2-9,13H2,1H3. The molecule has 3 unspecified atom stereocenters. The van der Waals surface area contributed by atoms with Crippen molar-refractivity contribution in [1.82, 2.24) is 4.90 Å². The molecule has 88 valence electrons. The summed E-state index contributed by atoms with van der Waals surface area (Å²) in [5.41, 5.74) is 6.04. The number of likely N-dealkylation sites (tertiary alicyclic amines) is 1. The van der Waals surface area contributed by atoms with E-state index in [1.165, 1.54) is 51.1 Å². The monoisotopic (exact) mass is 228 g/mol. The highest BCUT2D eigenvalue weighted by Crippen LogP contribution is 2.27. The second kappa shape index (κ2) is 5.55. The number of hydrogen-bond donors (Lipinski definition) is 1. The third-order valence-corrected chi connectivity index (χ3v) is 5.17. The number of nitrogens with zero attached hydrogens (tertiary/aromatic N) is 1. The van der Waals surface area contributed by atoms with Gasteiger partial charge in [0.05, 0.1) is 0 Å². The molecular weight excluding hydrogens is 204 g/mol. The fraction of sp³-hybridized carbons (Fsp3) is 1.00. The van der Waals surface area contributed by atoms with Crippen LogP contribution in [-0.2, 0) is 0 Å². The average Bonchev–Trinajstić information content (AvgIpc) is 2.25. The van der Waals surface area contributed by atoms with E-state index in [0.717, 1.165) is 5.25 Å². The Hall–Kier alpha value is 0.270. The molecule has 2 N–H and O–H groups in total.